The lowest BCUT2D eigenvalue weighted by molar-refractivity contribution is 0.0491. The van der Waals surface area contributed by atoms with Gasteiger partial charge in [-0.15, -0.1) is 0 Å². The predicted octanol–water partition coefficient (Wildman–Crippen LogP) is 5.92. The van der Waals surface area contributed by atoms with Crippen molar-refractivity contribution in [3.05, 3.63) is 17.7 Å². The molecule has 1 heterocycles. The first-order valence-electron chi connectivity index (χ1n) is 10.4. The lowest BCUT2D eigenvalue weighted by atomic mass is 10.0. The quantitative estimate of drug-likeness (QED) is 0.293. The third kappa shape index (κ3) is 10.9. The number of aromatic amines is 1. The summed E-state index contributed by atoms with van der Waals surface area (Å²) in [4.78, 5) is 18.1. The van der Waals surface area contributed by atoms with Gasteiger partial charge in [-0.3, -0.25) is 0 Å². The van der Waals surface area contributed by atoms with Crippen molar-refractivity contribution in [1.29, 1.82) is 5.26 Å². The van der Waals surface area contributed by atoms with E-state index in [1.54, 1.807) is 0 Å². The molecule has 0 fully saturated rings. The van der Waals surface area contributed by atoms with Crippen LogP contribution in [0.3, 0.4) is 0 Å². The van der Waals surface area contributed by atoms with E-state index in [-0.39, 0.29) is 11.5 Å². The molecule has 0 bridgehead atoms. The summed E-state index contributed by atoms with van der Waals surface area (Å²) in [6.45, 7) is 2.69. The van der Waals surface area contributed by atoms with Crippen LogP contribution >= 0.6 is 0 Å². The summed E-state index contributed by atoms with van der Waals surface area (Å²) in [5, 5.41) is 8.65. The molecule has 0 atom stereocenters. The van der Waals surface area contributed by atoms with Gasteiger partial charge in [-0.1, -0.05) is 90.4 Å². The highest BCUT2D eigenvalue weighted by atomic mass is 16.5. The molecule has 1 aromatic heterocycles. The van der Waals surface area contributed by atoms with Crippen LogP contribution in [0, 0.1) is 11.3 Å². The second kappa shape index (κ2) is 15.4. The minimum absolute atomic E-state index is 0.133. The summed E-state index contributed by atoms with van der Waals surface area (Å²) in [5.74, 6) is -0.328. The fraction of sp³-hybridized carbons (Fsp3) is 0.762. The van der Waals surface area contributed by atoms with Gasteiger partial charge in [-0.25, -0.2) is 9.78 Å². The van der Waals surface area contributed by atoms with Gasteiger partial charge in [-0.05, 0) is 6.42 Å². The summed E-state index contributed by atoms with van der Waals surface area (Å²) in [6.07, 6.45) is 19.7. The monoisotopic (exact) mass is 361 g/mol. The van der Waals surface area contributed by atoms with E-state index in [9.17, 15) is 4.79 Å². The molecular formula is C21H35N3O2. The number of nitrogens with zero attached hydrogens (tertiary/aromatic N) is 2. The average Bonchev–Trinajstić information content (AvgIpc) is 3.14. The molecule has 0 saturated carbocycles. The van der Waals surface area contributed by atoms with Crippen LogP contribution < -0.4 is 0 Å². The SMILES string of the molecule is CCCCCCCCCCCCCCCCOC(=O)c1c[nH]c(C#N)n1. The third-order valence-electron chi connectivity index (χ3n) is 4.62. The number of nitriles is 1. The molecule has 1 N–H and O–H groups in total. The molecule has 0 amide bonds. The van der Waals surface area contributed by atoms with Crippen LogP contribution in [0.5, 0.6) is 0 Å². The number of hydrogen-bond donors (Lipinski definition) is 1. The van der Waals surface area contributed by atoms with Crippen LogP contribution in [-0.2, 0) is 4.74 Å². The maximum absolute atomic E-state index is 11.7. The van der Waals surface area contributed by atoms with Crippen molar-refractivity contribution in [3.63, 3.8) is 0 Å². The van der Waals surface area contributed by atoms with Gasteiger partial charge in [0, 0.05) is 6.20 Å². The van der Waals surface area contributed by atoms with E-state index in [0.717, 1.165) is 12.8 Å². The Hall–Kier alpha value is -1.83. The Bertz CT molecular complexity index is 520. The van der Waals surface area contributed by atoms with Gasteiger partial charge in [0.25, 0.3) is 0 Å². The molecule has 5 nitrogen and oxygen atoms in total. The second-order valence-electron chi connectivity index (χ2n) is 6.98. The summed E-state index contributed by atoms with van der Waals surface area (Å²) < 4.78 is 5.16. The molecule has 0 unspecified atom stereocenters. The number of unbranched alkanes of at least 4 members (excludes halogenated alkanes) is 13. The van der Waals surface area contributed by atoms with E-state index < -0.39 is 5.97 Å². The number of rotatable bonds is 16. The first-order chi connectivity index (χ1) is 12.8. The number of ether oxygens (including phenoxy) is 1. The fourth-order valence-corrected chi connectivity index (χ4v) is 3.02. The summed E-state index contributed by atoms with van der Waals surface area (Å²) in [6, 6.07) is 1.85. The number of carbonyl (C=O) groups excluding carboxylic acids is 1. The highest BCUT2D eigenvalue weighted by Crippen LogP contribution is 2.13. The van der Waals surface area contributed by atoms with Crippen LogP contribution in [0.1, 0.15) is 113 Å². The Kier molecular flexibility index (Phi) is 13.2. The Morgan fingerprint density at radius 3 is 1.92 bits per heavy atom. The van der Waals surface area contributed by atoms with Gasteiger partial charge >= 0.3 is 5.97 Å². The first kappa shape index (κ1) is 22.2. The van der Waals surface area contributed by atoms with E-state index >= 15 is 0 Å². The van der Waals surface area contributed by atoms with E-state index in [2.05, 4.69) is 16.9 Å². The third-order valence-corrected chi connectivity index (χ3v) is 4.62. The maximum atomic E-state index is 11.7. The molecule has 26 heavy (non-hydrogen) atoms. The highest BCUT2D eigenvalue weighted by molar-refractivity contribution is 5.87. The normalized spacial score (nSPS) is 10.6. The number of carbonyl (C=O) groups is 1. The number of hydrogen-bond acceptors (Lipinski definition) is 4. The molecule has 0 aliphatic carbocycles. The van der Waals surface area contributed by atoms with Gasteiger partial charge in [0.2, 0.25) is 5.82 Å². The molecule has 1 aromatic rings. The van der Waals surface area contributed by atoms with E-state index in [4.69, 9.17) is 10.00 Å². The smallest absolute Gasteiger partial charge is 0.358 e. The zero-order valence-corrected chi connectivity index (χ0v) is 16.4. The van der Waals surface area contributed by atoms with Crippen LogP contribution in [0.25, 0.3) is 0 Å². The molecular weight excluding hydrogens is 326 g/mol. The summed E-state index contributed by atoms with van der Waals surface area (Å²) >= 11 is 0. The van der Waals surface area contributed by atoms with Crippen molar-refractivity contribution in [2.24, 2.45) is 0 Å². The van der Waals surface area contributed by atoms with Crippen molar-refractivity contribution >= 4 is 5.97 Å². The molecule has 0 aliphatic rings. The van der Waals surface area contributed by atoms with Crippen LogP contribution in [0.2, 0.25) is 0 Å². The van der Waals surface area contributed by atoms with Crippen molar-refractivity contribution in [2.75, 3.05) is 6.61 Å². The fourth-order valence-electron chi connectivity index (χ4n) is 3.02. The number of imidazole rings is 1. The van der Waals surface area contributed by atoms with Gasteiger partial charge < -0.3 is 9.72 Å². The molecule has 146 valence electrons. The molecule has 1 rings (SSSR count). The largest absolute Gasteiger partial charge is 0.461 e. The molecule has 5 heteroatoms. The number of nitrogens with one attached hydrogen (secondary N) is 1. The number of aromatic nitrogens is 2. The topological polar surface area (TPSA) is 78.8 Å². The molecule has 0 spiro atoms. The minimum Gasteiger partial charge on any atom is -0.461 e. The molecule has 0 aromatic carbocycles. The minimum atomic E-state index is -0.461. The second-order valence-corrected chi connectivity index (χ2v) is 6.98. The zero-order valence-electron chi connectivity index (χ0n) is 16.4. The Morgan fingerprint density at radius 1 is 0.962 bits per heavy atom. The lowest BCUT2D eigenvalue weighted by Gasteiger charge is -2.04. The Balaban J connectivity index is 1.82. The molecule has 0 radical (unpaired) electrons. The van der Waals surface area contributed by atoms with E-state index in [1.165, 1.54) is 83.2 Å². The van der Waals surface area contributed by atoms with Gasteiger partial charge in [0.15, 0.2) is 5.69 Å². The van der Waals surface area contributed by atoms with Gasteiger partial charge in [-0.2, -0.15) is 5.26 Å². The maximum Gasteiger partial charge on any atom is 0.358 e. The number of H-pyrrole nitrogens is 1. The van der Waals surface area contributed by atoms with Gasteiger partial charge in [0.05, 0.1) is 6.61 Å². The standard InChI is InChI=1S/C21H35N3O2/c1-2-3-4-5-6-7-8-9-10-11-12-13-14-15-16-26-21(25)19-18-23-20(17-22)24-19/h18H,2-16H2,1H3,(H,23,24). The Labute approximate surface area is 158 Å². The van der Waals surface area contributed by atoms with Crippen molar-refractivity contribution in [3.8, 4) is 6.07 Å². The van der Waals surface area contributed by atoms with E-state index in [1.807, 2.05) is 6.07 Å². The lowest BCUT2D eigenvalue weighted by Crippen LogP contribution is -2.06. The summed E-state index contributed by atoms with van der Waals surface area (Å²) in [5.41, 5.74) is 0.173. The molecule has 0 aliphatic heterocycles. The summed E-state index contributed by atoms with van der Waals surface area (Å²) in [7, 11) is 0. The van der Waals surface area contributed by atoms with Crippen molar-refractivity contribution in [1.82, 2.24) is 9.97 Å². The van der Waals surface area contributed by atoms with Crippen LogP contribution in [0.15, 0.2) is 6.20 Å². The Morgan fingerprint density at radius 2 is 1.46 bits per heavy atom. The zero-order chi connectivity index (χ0) is 18.9. The predicted molar refractivity (Wildman–Crippen MR) is 104 cm³/mol. The van der Waals surface area contributed by atoms with Crippen LogP contribution in [-0.4, -0.2) is 22.5 Å². The van der Waals surface area contributed by atoms with Gasteiger partial charge in [0.1, 0.15) is 6.07 Å². The number of esters is 1. The van der Waals surface area contributed by atoms with Crippen molar-refractivity contribution < 1.29 is 9.53 Å². The molecule has 0 saturated heterocycles. The van der Waals surface area contributed by atoms with Crippen LogP contribution in [0.4, 0.5) is 0 Å². The van der Waals surface area contributed by atoms with E-state index in [0.29, 0.717) is 6.61 Å². The van der Waals surface area contributed by atoms with Crippen molar-refractivity contribution in [2.45, 2.75) is 96.8 Å². The highest BCUT2D eigenvalue weighted by Gasteiger charge is 2.11. The first-order valence-corrected chi connectivity index (χ1v) is 10.4. The average molecular weight is 362 g/mol.